The molecule has 1 amide bonds. The lowest BCUT2D eigenvalue weighted by Gasteiger charge is -2.30. The zero-order valence-corrected chi connectivity index (χ0v) is 16.6. The smallest absolute Gasteiger partial charge is 0.243 e. The number of methoxy groups -OCH3 is 2. The van der Waals surface area contributed by atoms with Gasteiger partial charge in [0.25, 0.3) is 0 Å². The normalized spacial score (nSPS) is 16.5. The Labute approximate surface area is 155 Å². The van der Waals surface area contributed by atoms with E-state index in [-0.39, 0.29) is 16.7 Å². The van der Waals surface area contributed by atoms with Gasteiger partial charge in [-0.1, -0.05) is 13.8 Å². The minimum Gasteiger partial charge on any atom is -0.493 e. The van der Waals surface area contributed by atoms with Gasteiger partial charge in [0, 0.05) is 31.6 Å². The number of hydrogen-bond donors (Lipinski definition) is 1. The zero-order chi connectivity index (χ0) is 19.3. The summed E-state index contributed by atoms with van der Waals surface area (Å²) in [4.78, 5) is 12.3. The second-order valence-corrected chi connectivity index (χ2v) is 8.77. The topological polar surface area (TPSA) is 84.9 Å². The van der Waals surface area contributed by atoms with Crippen LogP contribution in [0.2, 0.25) is 0 Å². The van der Waals surface area contributed by atoms with Gasteiger partial charge in [-0.15, -0.1) is 0 Å². The average molecular weight is 384 g/mol. The Morgan fingerprint density at radius 3 is 2.35 bits per heavy atom. The maximum absolute atomic E-state index is 12.9. The van der Waals surface area contributed by atoms with E-state index in [2.05, 4.69) is 5.32 Å². The van der Waals surface area contributed by atoms with Crippen LogP contribution in [0.15, 0.2) is 23.1 Å². The standard InChI is InChI=1S/C18H28N2O5S/c1-13(2)12-19-18(21)14-7-9-20(10-8-14)26(22,23)15-5-6-16(24-3)17(11-15)25-4/h5-6,11,13-14H,7-10,12H2,1-4H3,(H,19,21). The molecule has 0 spiro atoms. The van der Waals surface area contributed by atoms with Gasteiger partial charge >= 0.3 is 0 Å². The van der Waals surface area contributed by atoms with E-state index in [0.29, 0.717) is 49.9 Å². The van der Waals surface area contributed by atoms with Crippen molar-refractivity contribution in [2.75, 3.05) is 33.9 Å². The Morgan fingerprint density at radius 2 is 1.81 bits per heavy atom. The van der Waals surface area contributed by atoms with Crippen LogP contribution in [-0.4, -0.2) is 52.5 Å². The van der Waals surface area contributed by atoms with Crippen molar-refractivity contribution < 1.29 is 22.7 Å². The number of amides is 1. The molecule has 1 heterocycles. The van der Waals surface area contributed by atoms with Crippen molar-refractivity contribution in [3.63, 3.8) is 0 Å². The maximum atomic E-state index is 12.9. The van der Waals surface area contributed by atoms with Crippen molar-refractivity contribution in [3.8, 4) is 11.5 Å². The summed E-state index contributed by atoms with van der Waals surface area (Å²) in [6.45, 7) is 5.38. The molecular weight excluding hydrogens is 356 g/mol. The molecule has 1 aliphatic rings. The van der Waals surface area contributed by atoms with Gasteiger partial charge in [0.1, 0.15) is 0 Å². The van der Waals surface area contributed by atoms with Crippen molar-refractivity contribution in [1.82, 2.24) is 9.62 Å². The second-order valence-electron chi connectivity index (χ2n) is 6.83. The van der Waals surface area contributed by atoms with Crippen molar-refractivity contribution in [3.05, 3.63) is 18.2 Å². The summed E-state index contributed by atoms with van der Waals surface area (Å²) >= 11 is 0. The molecule has 1 N–H and O–H groups in total. The van der Waals surface area contributed by atoms with E-state index < -0.39 is 10.0 Å². The van der Waals surface area contributed by atoms with Crippen molar-refractivity contribution in [2.45, 2.75) is 31.6 Å². The summed E-state index contributed by atoms with van der Waals surface area (Å²) in [6, 6.07) is 4.56. The van der Waals surface area contributed by atoms with E-state index in [4.69, 9.17) is 9.47 Å². The van der Waals surface area contributed by atoms with Gasteiger partial charge in [-0.05, 0) is 30.9 Å². The van der Waals surface area contributed by atoms with E-state index in [1.807, 2.05) is 13.8 Å². The number of rotatable bonds is 7. The SMILES string of the molecule is COc1ccc(S(=O)(=O)N2CCC(C(=O)NCC(C)C)CC2)cc1OC. The highest BCUT2D eigenvalue weighted by Gasteiger charge is 2.32. The molecule has 0 radical (unpaired) electrons. The number of carbonyl (C=O) groups excluding carboxylic acids is 1. The first-order valence-corrected chi connectivity index (χ1v) is 10.2. The molecule has 0 atom stereocenters. The van der Waals surface area contributed by atoms with Crippen molar-refractivity contribution >= 4 is 15.9 Å². The van der Waals surface area contributed by atoms with Gasteiger partial charge in [0.2, 0.25) is 15.9 Å². The van der Waals surface area contributed by atoms with E-state index in [1.165, 1.54) is 30.7 Å². The lowest BCUT2D eigenvalue weighted by molar-refractivity contribution is -0.126. The maximum Gasteiger partial charge on any atom is 0.243 e. The lowest BCUT2D eigenvalue weighted by Crippen LogP contribution is -2.43. The fraction of sp³-hybridized carbons (Fsp3) is 0.611. The fourth-order valence-corrected chi connectivity index (χ4v) is 4.42. The molecule has 1 aliphatic heterocycles. The molecule has 1 aromatic carbocycles. The third-order valence-corrected chi connectivity index (χ3v) is 6.40. The molecule has 8 heteroatoms. The summed E-state index contributed by atoms with van der Waals surface area (Å²) in [7, 11) is -0.659. The number of piperidine rings is 1. The Kier molecular flexibility index (Phi) is 6.88. The van der Waals surface area contributed by atoms with Crippen LogP contribution in [0.4, 0.5) is 0 Å². The summed E-state index contributed by atoms with van der Waals surface area (Å²) in [5.41, 5.74) is 0. The van der Waals surface area contributed by atoms with Crippen LogP contribution in [0.25, 0.3) is 0 Å². The minimum absolute atomic E-state index is 0.0156. The minimum atomic E-state index is -3.63. The van der Waals surface area contributed by atoms with E-state index >= 15 is 0 Å². The third kappa shape index (κ3) is 4.67. The monoisotopic (exact) mass is 384 g/mol. The molecule has 26 heavy (non-hydrogen) atoms. The number of hydrogen-bond acceptors (Lipinski definition) is 5. The Morgan fingerprint density at radius 1 is 1.19 bits per heavy atom. The summed E-state index contributed by atoms with van der Waals surface area (Å²) < 4.78 is 37.5. The van der Waals surface area contributed by atoms with Crippen LogP contribution in [0.3, 0.4) is 0 Å². The van der Waals surface area contributed by atoms with E-state index in [9.17, 15) is 13.2 Å². The number of nitrogens with one attached hydrogen (secondary N) is 1. The first kappa shape index (κ1) is 20.5. The largest absolute Gasteiger partial charge is 0.493 e. The number of benzene rings is 1. The molecule has 1 saturated heterocycles. The summed E-state index contributed by atoms with van der Waals surface area (Å²) in [6.07, 6.45) is 1.05. The average Bonchev–Trinajstić information content (AvgIpc) is 2.65. The van der Waals surface area contributed by atoms with Crippen molar-refractivity contribution in [1.29, 1.82) is 0 Å². The van der Waals surface area contributed by atoms with Crippen LogP contribution < -0.4 is 14.8 Å². The summed E-state index contributed by atoms with van der Waals surface area (Å²) in [5, 5.41) is 2.93. The van der Waals surface area contributed by atoms with Gasteiger partial charge in [0.15, 0.2) is 11.5 Å². The third-order valence-electron chi connectivity index (χ3n) is 4.50. The first-order chi connectivity index (χ1) is 12.3. The Bertz CT molecular complexity index is 725. The van der Waals surface area contributed by atoms with Crippen LogP contribution in [-0.2, 0) is 14.8 Å². The van der Waals surface area contributed by atoms with Gasteiger partial charge in [0.05, 0.1) is 19.1 Å². The molecule has 0 aromatic heterocycles. The van der Waals surface area contributed by atoms with Crippen LogP contribution in [0.5, 0.6) is 11.5 Å². The van der Waals surface area contributed by atoms with Crippen LogP contribution >= 0.6 is 0 Å². The Balaban J connectivity index is 2.05. The predicted octanol–water partition coefficient (Wildman–Crippen LogP) is 1.88. The van der Waals surface area contributed by atoms with Crippen LogP contribution in [0.1, 0.15) is 26.7 Å². The van der Waals surface area contributed by atoms with Gasteiger partial charge in [-0.25, -0.2) is 8.42 Å². The highest BCUT2D eigenvalue weighted by atomic mass is 32.2. The highest BCUT2D eigenvalue weighted by Crippen LogP contribution is 2.31. The van der Waals surface area contributed by atoms with Crippen LogP contribution in [0, 0.1) is 11.8 Å². The molecular formula is C18H28N2O5S. The first-order valence-electron chi connectivity index (χ1n) is 8.79. The second kappa shape index (κ2) is 8.73. The quantitative estimate of drug-likeness (QED) is 0.776. The van der Waals surface area contributed by atoms with E-state index in [0.717, 1.165) is 0 Å². The number of ether oxygens (including phenoxy) is 2. The molecule has 2 rings (SSSR count). The molecule has 1 fully saturated rings. The molecule has 0 saturated carbocycles. The molecule has 0 unspecified atom stereocenters. The molecule has 146 valence electrons. The van der Waals surface area contributed by atoms with Gasteiger partial charge in [-0.3, -0.25) is 4.79 Å². The number of sulfonamides is 1. The van der Waals surface area contributed by atoms with Gasteiger partial charge < -0.3 is 14.8 Å². The molecule has 0 bridgehead atoms. The molecule has 1 aromatic rings. The Hall–Kier alpha value is -1.80. The lowest BCUT2D eigenvalue weighted by atomic mass is 9.97. The summed E-state index contributed by atoms with van der Waals surface area (Å²) in [5.74, 6) is 1.13. The fourth-order valence-electron chi connectivity index (χ4n) is 2.93. The van der Waals surface area contributed by atoms with Gasteiger partial charge in [-0.2, -0.15) is 4.31 Å². The molecule has 7 nitrogen and oxygen atoms in total. The number of carbonyl (C=O) groups is 1. The van der Waals surface area contributed by atoms with Crippen molar-refractivity contribution in [2.24, 2.45) is 11.8 Å². The van der Waals surface area contributed by atoms with E-state index in [1.54, 1.807) is 6.07 Å². The highest BCUT2D eigenvalue weighted by molar-refractivity contribution is 7.89. The molecule has 0 aliphatic carbocycles. The zero-order valence-electron chi connectivity index (χ0n) is 15.8. The predicted molar refractivity (Wildman–Crippen MR) is 98.9 cm³/mol. The number of nitrogens with zero attached hydrogens (tertiary/aromatic N) is 1.